The van der Waals surface area contributed by atoms with Gasteiger partial charge in [0.1, 0.15) is 23.8 Å². The number of nitrogens with one attached hydrogen (secondary N) is 2. The maximum atomic E-state index is 13.5. The van der Waals surface area contributed by atoms with E-state index in [1.54, 1.807) is 13.1 Å². The SMILES string of the molecule is CNc1cc(Nc2c(F)cc(F)cc2Cl)ncn1. The van der Waals surface area contributed by atoms with Crippen molar-refractivity contribution in [2.45, 2.75) is 0 Å². The third kappa shape index (κ3) is 2.65. The van der Waals surface area contributed by atoms with Gasteiger partial charge in [0.2, 0.25) is 0 Å². The summed E-state index contributed by atoms with van der Waals surface area (Å²) in [6.07, 6.45) is 1.31. The van der Waals surface area contributed by atoms with Crippen molar-refractivity contribution >= 4 is 28.9 Å². The van der Waals surface area contributed by atoms with Crippen molar-refractivity contribution in [3.05, 3.63) is 41.2 Å². The fraction of sp³-hybridized carbons (Fsp3) is 0.0909. The van der Waals surface area contributed by atoms with Crippen molar-refractivity contribution in [2.24, 2.45) is 0 Å². The van der Waals surface area contributed by atoms with Crippen LogP contribution in [-0.2, 0) is 0 Å². The van der Waals surface area contributed by atoms with E-state index in [0.717, 1.165) is 12.1 Å². The molecule has 0 aliphatic heterocycles. The molecule has 0 spiro atoms. The van der Waals surface area contributed by atoms with Crippen molar-refractivity contribution in [3.8, 4) is 0 Å². The average molecular weight is 271 g/mol. The predicted octanol–water partition coefficient (Wildman–Crippen LogP) is 3.19. The zero-order valence-electron chi connectivity index (χ0n) is 9.34. The smallest absolute Gasteiger partial charge is 0.151 e. The highest BCUT2D eigenvalue weighted by Gasteiger charge is 2.11. The lowest BCUT2D eigenvalue weighted by atomic mass is 10.3. The average Bonchev–Trinajstić information content (AvgIpc) is 2.34. The molecule has 2 N–H and O–H groups in total. The Kier molecular flexibility index (Phi) is 3.57. The van der Waals surface area contributed by atoms with Gasteiger partial charge in [-0.05, 0) is 6.07 Å². The van der Waals surface area contributed by atoms with Crippen molar-refractivity contribution in [1.29, 1.82) is 0 Å². The van der Waals surface area contributed by atoms with E-state index < -0.39 is 11.6 Å². The lowest BCUT2D eigenvalue weighted by Gasteiger charge is -2.09. The van der Waals surface area contributed by atoms with Gasteiger partial charge in [-0.2, -0.15) is 0 Å². The minimum absolute atomic E-state index is 0.0289. The Morgan fingerprint density at radius 3 is 2.50 bits per heavy atom. The number of benzene rings is 1. The highest BCUT2D eigenvalue weighted by atomic mass is 35.5. The second-order valence-electron chi connectivity index (χ2n) is 3.41. The summed E-state index contributed by atoms with van der Waals surface area (Å²) in [5.74, 6) is -0.612. The number of nitrogens with zero attached hydrogens (tertiary/aromatic N) is 2. The fourth-order valence-corrected chi connectivity index (χ4v) is 1.59. The first-order valence-corrected chi connectivity index (χ1v) is 5.39. The van der Waals surface area contributed by atoms with Crippen LogP contribution in [0.15, 0.2) is 24.5 Å². The molecule has 0 atom stereocenters. The molecule has 0 fully saturated rings. The van der Waals surface area contributed by atoms with Crippen LogP contribution in [0.1, 0.15) is 0 Å². The van der Waals surface area contributed by atoms with Gasteiger partial charge in [0.25, 0.3) is 0 Å². The van der Waals surface area contributed by atoms with Crippen LogP contribution in [0.5, 0.6) is 0 Å². The van der Waals surface area contributed by atoms with Crippen molar-refractivity contribution in [1.82, 2.24) is 9.97 Å². The van der Waals surface area contributed by atoms with Crippen molar-refractivity contribution < 1.29 is 8.78 Å². The van der Waals surface area contributed by atoms with Crippen LogP contribution in [0, 0.1) is 11.6 Å². The molecule has 0 radical (unpaired) electrons. The third-order valence-electron chi connectivity index (χ3n) is 2.18. The van der Waals surface area contributed by atoms with Gasteiger partial charge in [0.15, 0.2) is 5.82 Å². The van der Waals surface area contributed by atoms with Gasteiger partial charge in [-0.1, -0.05) is 11.6 Å². The molecular weight excluding hydrogens is 262 g/mol. The van der Waals surface area contributed by atoms with Crippen LogP contribution in [0.25, 0.3) is 0 Å². The van der Waals surface area contributed by atoms with Crippen LogP contribution in [0.4, 0.5) is 26.1 Å². The Morgan fingerprint density at radius 1 is 1.11 bits per heavy atom. The second kappa shape index (κ2) is 5.14. The first kappa shape index (κ1) is 12.5. The van der Waals surface area contributed by atoms with Gasteiger partial charge >= 0.3 is 0 Å². The molecule has 0 saturated heterocycles. The van der Waals surface area contributed by atoms with Gasteiger partial charge in [-0.25, -0.2) is 18.7 Å². The Morgan fingerprint density at radius 2 is 1.83 bits per heavy atom. The van der Waals surface area contributed by atoms with Crippen LogP contribution >= 0.6 is 11.6 Å². The molecule has 1 aromatic heterocycles. The molecule has 2 aromatic rings. The molecule has 1 heterocycles. The Balaban J connectivity index is 2.33. The summed E-state index contributed by atoms with van der Waals surface area (Å²) in [7, 11) is 1.69. The predicted molar refractivity (Wildman–Crippen MR) is 66.2 cm³/mol. The first-order valence-electron chi connectivity index (χ1n) is 5.01. The largest absolute Gasteiger partial charge is 0.373 e. The summed E-state index contributed by atoms with van der Waals surface area (Å²) in [5.41, 5.74) is -0.0289. The van der Waals surface area contributed by atoms with Crippen LogP contribution in [0.3, 0.4) is 0 Å². The van der Waals surface area contributed by atoms with Crippen LogP contribution < -0.4 is 10.6 Å². The molecule has 0 aliphatic carbocycles. The number of anilines is 3. The number of hydrogen-bond acceptors (Lipinski definition) is 4. The maximum absolute atomic E-state index is 13.5. The molecular formula is C11H9ClF2N4. The second-order valence-corrected chi connectivity index (χ2v) is 3.82. The molecule has 0 saturated carbocycles. The minimum atomic E-state index is -0.787. The molecule has 7 heteroatoms. The molecule has 0 aliphatic rings. The molecule has 2 rings (SSSR count). The third-order valence-corrected chi connectivity index (χ3v) is 2.48. The maximum Gasteiger partial charge on any atom is 0.151 e. The van der Waals surface area contributed by atoms with Crippen molar-refractivity contribution in [3.63, 3.8) is 0 Å². The fourth-order valence-electron chi connectivity index (χ4n) is 1.35. The molecule has 0 bridgehead atoms. The summed E-state index contributed by atoms with van der Waals surface area (Å²) in [6, 6.07) is 3.33. The zero-order valence-corrected chi connectivity index (χ0v) is 10.1. The molecule has 0 unspecified atom stereocenters. The summed E-state index contributed by atoms with van der Waals surface area (Å²) in [5, 5.41) is 5.43. The van der Waals surface area contributed by atoms with E-state index in [-0.39, 0.29) is 10.7 Å². The zero-order chi connectivity index (χ0) is 13.1. The summed E-state index contributed by atoms with van der Waals surface area (Å²) < 4.78 is 26.4. The highest BCUT2D eigenvalue weighted by Crippen LogP contribution is 2.29. The molecule has 4 nitrogen and oxygen atoms in total. The van der Waals surface area contributed by atoms with Gasteiger partial charge in [0, 0.05) is 19.2 Å². The first-order chi connectivity index (χ1) is 8.60. The van der Waals surface area contributed by atoms with E-state index in [2.05, 4.69) is 20.6 Å². The summed E-state index contributed by atoms with van der Waals surface area (Å²) in [4.78, 5) is 7.82. The van der Waals surface area contributed by atoms with E-state index in [9.17, 15) is 8.78 Å². The van der Waals surface area contributed by atoms with E-state index in [1.165, 1.54) is 6.33 Å². The summed E-state index contributed by atoms with van der Waals surface area (Å²) in [6.45, 7) is 0. The monoisotopic (exact) mass is 270 g/mol. The quantitative estimate of drug-likeness (QED) is 0.899. The van der Waals surface area contributed by atoms with Gasteiger partial charge in [0.05, 0.1) is 10.7 Å². The number of rotatable bonds is 3. The van der Waals surface area contributed by atoms with E-state index in [1.807, 2.05) is 0 Å². The highest BCUT2D eigenvalue weighted by molar-refractivity contribution is 6.33. The number of hydrogen-bond donors (Lipinski definition) is 2. The number of halogens is 3. The number of aromatic nitrogens is 2. The summed E-state index contributed by atoms with van der Waals surface area (Å²) >= 11 is 5.76. The molecule has 94 valence electrons. The van der Waals surface area contributed by atoms with E-state index in [4.69, 9.17) is 11.6 Å². The minimum Gasteiger partial charge on any atom is -0.373 e. The van der Waals surface area contributed by atoms with E-state index >= 15 is 0 Å². The van der Waals surface area contributed by atoms with Gasteiger partial charge < -0.3 is 10.6 Å². The lowest BCUT2D eigenvalue weighted by molar-refractivity contribution is 0.586. The van der Waals surface area contributed by atoms with Crippen LogP contribution in [0.2, 0.25) is 5.02 Å². The van der Waals surface area contributed by atoms with E-state index in [0.29, 0.717) is 11.6 Å². The molecule has 0 amide bonds. The van der Waals surface area contributed by atoms with Crippen molar-refractivity contribution in [2.75, 3.05) is 17.7 Å². The lowest BCUT2D eigenvalue weighted by Crippen LogP contribution is -2.00. The Labute approximate surface area is 107 Å². The van der Waals surface area contributed by atoms with Gasteiger partial charge in [-0.3, -0.25) is 0 Å². The molecule has 18 heavy (non-hydrogen) atoms. The van der Waals surface area contributed by atoms with Gasteiger partial charge in [-0.15, -0.1) is 0 Å². The van der Waals surface area contributed by atoms with Crippen LogP contribution in [-0.4, -0.2) is 17.0 Å². The Bertz CT molecular complexity index is 554. The topological polar surface area (TPSA) is 49.8 Å². The normalized spacial score (nSPS) is 10.2. The Hall–Kier alpha value is -1.95. The standard InChI is InChI=1S/C11H9ClF2N4/c1-15-9-4-10(17-5-16-9)18-11-7(12)2-6(13)3-8(11)14/h2-5H,1H3,(H2,15,16,17,18). The molecule has 1 aromatic carbocycles.